The maximum absolute atomic E-state index is 12.2. The van der Waals surface area contributed by atoms with Crippen LogP contribution in [0.3, 0.4) is 0 Å². The number of aliphatic imine (C=N–C) groups is 1. The summed E-state index contributed by atoms with van der Waals surface area (Å²) in [5.74, 6) is 1.91. The number of thioether (sulfide) groups is 1. The largest absolute Gasteiger partial charge is 0.355 e. The average molecular weight is 391 g/mol. The first-order valence-electron chi connectivity index (χ1n) is 7.82. The summed E-state index contributed by atoms with van der Waals surface area (Å²) >= 11 is 7.81. The molecule has 1 atom stereocenters. The van der Waals surface area contributed by atoms with Gasteiger partial charge in [-0.2, -0.15) is 11.8 Å². The third-order valence-electron chi connectivity index (χ3n) is 3.56. The number of benzene rings is 1. The summed E-state index contributed by atoms with van der Waals surface area (Å²) in [7, 11) is -1.85. The van der Waals surface area contributed by atoms with E-state index >= 15 is 0 Å². The van der Waals surface area contributed by atoms with Crippen LogP contribution >= 0.6 is 23.4 Å². The second-order valence-electron chi connectivity index (χ2n) is 5.37. The maximum Gasteiger partial charge on any atom is 0.240 e. The van der Waals surface area contributed by atoms with E-state index in [1.54, 1.807) is 19.2 Å². The highest BCUT2D eigenvalue weighted by Gasteiger charge is 2.16. The smallest absolute Gasteiger partial charge is 0.240 e. The lowest BCUT2D eigenvalue weighted by molar-refractivity contribution is 0.580. The molecular formula is C15H23ClN4O2S2. The molecule has 24 heavy (non-hydrogen) atoms. The maximum atomic E-state index is 12.2. The van der Waals surface area contributed by atoms with Gasteiger partial charge in [-0.05, 0) is 36.8 Å². The molecule has 0 spiro atoms. The molecule has 0 aromatic heterocycles. The van der Waals surface area contributed by atoms with E-state index in [-0.39, 0.29) is 11.4 Å². The lowest BCUT2D eigenvalue weighted by Gasteiger charge is -2.15. The van der Waals surface area contributed by atoms with Crippen molar-refractivity contribution in [1.82, 2.24) is 15.4 Å². The van der Waals surface area contributed by atoms with Crippen molar-refractivity contribution in [3.63, 3.8) is 0 Å². The average Bonchev–Trinajstić information content (AvgIpc) is 3.07. The number of rotatable bonds is 7. The minimum Gasteiger partial charge on any atom is -0.355 e. The van der Waals surface area contributed by atoms with Gasteiger partial charge in [0.05, 0.1) is 4.90 Å². The van der Waals surface area contributed by atoms with Crippen molar-refractivity contribution in [2.75, 3.05) is 32.4 Å². The Morgan fingerprint density at radius 3 is 2.88 bits per heavy atom. The summed E-state index contributed by atoms with van der Waals surface area (Å²) in [5, 5.41) is 7.40. The Morgan fingerprint density at radius 1 is 1.38 bits per heavy atom. The Bertz CT molecular complexity index is 661. The summed E-state index contributed by atoms with van der Waals surface area (Å²) in [6.45, 7) is 1.57. The van der Waals surface area contributed by atoms with Gasteiger partial charge in [-0.1, -0.05) is 17.7 Å². The van der Waals surface area contributed by atoms with Crippen molar-refractivity contribution < 1.29 is 8.42 Å². The van der Waals surface area contributed by atoms with Crippen LogP contribution in [0.25, 0.3) is 0 Å². The van der Waals surface area contributed by atoms with E-state index in [1.807, 2.05) is 11.8 Å². The molecule has 134 valence electrons. The molecular weight excluding hydrogens is 368 g/mol. The van der Waals surface area contributed by atoms with Gasteiger partial charge in [0.15, 0.2) is 5.96 Å². The van der Waals surface area contributed by atoms with Crippen molar-refractivity contribution >= 4 is 39.3 Å². The van der Waals surface area contributed by atoms with Crippen molar-refractivity contribution in [3.8, 4) is 0 Å². The fraction of sp³-hybridized carbons (Fsp3) is 0.533. The molecule has 1 saturated heterocycles. The zero-order valence-corrected chi connectivity index (χ0v) is 16.0. The summed E-state index contributed by atoms with van der Waals surface area (Å²) in [6.07, 6.45) is 2.50. The highest BCUT2D eigenvalue weighted by Crippen LogP contribution is 2.25. The molecule has 1 fully saturated rings. The lowest BCUT2D eigenvalue weighted by atomic mass is 10.2. The fourth-order valence-corrected chi connectivity index (χ4v) is 4.85. The molecule has 0 saturated carbocycles. The van der Waals surface area contributed by atoms with Crippen LogP contribution in [0, 0.1) is 0 Å². The molecule has 1 heterocycles. The van der Waals surface area contributed by atoms with Crippen LogP contribution in [-0.4, -0.2) is 52.1 Å². The molecule has 1 aromatic carbocycles. The molecule has 1 aliphatic heterocycles. The van der Waals surface area contributed by atoms with E-state index in [4.69, 9.17) is 11.6 Å². The zero-order valence-electron chi connectivity index (χ0n) is 13.6. The number of nitrogens with zero attached hydrogens (tertiary/aromatic N) is 1. The second kappa shape index (κ2) is 9.50. The number of halogens is 1. The number of hydrogen-bond donors (Lipinski definition) is 3. The zero-order chi connectivity index (χ0) is 17.4. The van der Waals surface area contributed by atoms with E-state index < -0.39 is 10.0 Å². The molecule has 1 aromatic rings. The summed E-state index contributed by atoms with van der Waals surface area (Å²) in [6, 6.07) is 6.20. The fourth-order valence-electron chi connectivity index (χ4n) is 2.32. The van der Waals surface area contributed by atoms with Gasteiger partial charge in [-0.3, -0.25) is 4.99 Å². The molecule has 0 radical (unpaired) electrons. The first-order chi connectivity index (χ1) is 11.5. The standard InChI is InChI=1S/C15H23ClN4O2S2/c1-17-15(19-11-13-5-3-9-23-13)18-7-8-20-24(21,22)14-6-2-4-12(16)10-14/h2,4,6,10,13,20H,3,5,7-9,11H2,1H3,(H2,17,18,19). The Balaban J connectivity index is 1.72. The molecule has 1 unspecified atom stereocenters. The predicted octanol–water partition coefficient (Wildman–Crippen LogP) is 1.68. The molecule has 3 N–H and O–H groups in total. The van der Waals surface area contributed by atoms with Gasteiger partial charge in [-0.25, -0.2) is 13.1 Å². The molecule has 0 aliphatic carbocycles. The number of hydrogen-bond acceptors (Lipinski definition) is 4. The van der Waals surface area contributed by atoms with Crippen molar-refractivity contribution in [1.29, 1.82) is 0 Å². The summed E-state index contributed by atoms with van der Waals surface area (Å²) in [4.78, 5) is 4.31. The van der Waals surface area contributed by atoms with E-state index in [0.717, 1.165) is 6.54 Å². The quantitative estimate of drug-likeness (QED) is 0.375. The van der Waals surface area contributed by atoms with Crippen LogP contribution in [0.1, 0.15) is 12.8 Å². The van der Waals surface area contributed by atoms with Crippen LogP contribution in [0.2, 0.25) is 5.02 Å². The van der Waals surface area contributed by atoms with Crippen molar-refractivity contribution in [2.24, 2.45) is 4.99 Å². The topological polar surface area (TPSA) is 82.6 Å². The Labute approximate surface area is 152 Å². The molecule has 6 nitrogen and oxygen atoms in total. The monoisotopic (exact) mass is 390 g/mol. The Morgan fingerprint density at radius 2 is 2.21 bits per heavy atom. The van der Waals surface area contributed by atoms with Gasteiger partial charge in [0, 0.05) is 37.0 Å². The molecule has 0 bridgehead atoms. The van der Waals surface area contributed by atoms with Crippen LogP contribution < -0.4 is 15.4 Å². The van der Waals surface area contributed by atoms with Crippen LogP contribution in [0.4, 0.5) is 0 Å². The van der Waals surface area contributed by atoms with Gasteiger partial charge in [0.2, 0.25) is 10.0 Å². The molecule has 0 amide bonds. The minimum atomic E-state index is -3.55. The Hall–Kier alpha value is -0.960. The molecule has 2 rings (SSSR count). The third kappa shape index (κ3) is 6.16. The normalized spacial score (nSPS) is 18.6. The predicted molar refractivity (Wildman–Crippen MR) is 101 cm³/mol. The first-order valence-corrected chi connectivity index (χ1v) is 10.7. The van der Waals surface area contributed by atoms with Gasteiger partial charge in [0.25, 0.3) is 0 Å². The summed E-state index contributed by atoms with van der Waals surface area (Å²) < 4.78 is 26.8. The van der Waals surface area contributed by atoms with Gasteiger partial charge in [0.1, 0.15) is 0 Å². The molecule has 1 aliphatic rings. The SMILES string of the molecule is CN=C(NCCNS(=O)(=O)c1cccc(Cl)c1)NCC1CCCS1. The second-order valence-corrected chi connectivity index (χ2v) is 8.98. The van der Waals surface area contributed by atoms with Crippen LogP contribution in [0.5, 0.6) is 0 Å². The van der Waals surface area contributed by atoms with Crippen molar-refractivity contribution in [2.45, 2.75) is 23.0 Å². The van der Waals surface area contributed by atoms with Crippen molar-refractivity contribution in [3.05, 3.63) is 29.3 Å². The van der Waals surface area contributed by atoms with E-state index in [1.165, 1.54) is 30.7 Å². The van der Waals surface area contributed by atoms with E-state index in [0.29, 0.717) is 22.8 Å². The van der Waals surface area contributed by atoms with Crippen LogP contribution in [0.15, 0.2) is 34.2 Å². The first kappa shape index (κ1) is 19.4. The van der Waals surface area contributed by atoms with E-state index in [2.05, 4.69) is 20.3 Å². The van der Waals surface area contributed by atoms with Gasteiger partial charge in [-0.15, -0.1) is 0 Å². The molecule has 9 heteroatoms. The number of sulfonamides is 1. The lowest BCUT2D eigenvalue weighted by Crippen LogP contribution is -2.43. The summed E-state index contributed by atoms with van der Waals surface area (Å²) in [5.41, 5.74) is 0. The highest BCUT2D eigenvalue weighted by molar-refractivity contribution is 8.00. The third-order valence-corrected chi connectivity index (χ3v) is 6.65. The number of guanidine groups is 1. The number of nitrogens with one attached hydrogen (secondary N) is 3. The highest BCUT2D eigenvalue weighted by atomic mass is 35.5. The minimum absolute atomic E-state index is 0.163. The van der Waals surface area contributed by atoms with E-state index in [9.17, 15) is 8.42 Å². The van der Waals surface area contributed by atoms with Crippen LogP contribution in [-0.2, 0) is 10.0 Å². The Kier molecular flexibility index (Phi) is 7.67. The van der Waals surface area contributed by atoms with Gasteiger partial charge >= 0.3 is 0 Å². The van der Waals surface area contributed by atoms with Gasteiger partial charge < -0.3 is 10.6 Å².